The molecule has 0 aromatic carbocycles. The van der Waals surface area contributed by atoms with Crippen molar-refractivity contribution in [3.05, 3.63) is 16.1 Å². The molecule has 0 aliphatic rings. The fourth-order valence-corrected chi connectivity index (χ4v) is 2.26. The van der Waals surface area contributed by atoms with Crippen molar-refractivity contribution in [2.45, 2.75) is 39.0 Å². The summed E-state index contributed by atoms with van der Waals surface area (Å²) in [4.78, 5) is 15.3. The third-order valence-electron chi connectivity index (χ3n) is 2.59. The summed E-state index contributed by atoms with van der Waals surface area (Å²) in [5.74, 6) is -0.458. The molecule has 0 radical (unpaired) electrons. The number of Topliss-reactive ketones (excluding diaryl/α,β-unsaturated/α-hetero) is 1. The maximum absolute atomic E-state index is 12.4. The second kappa shape index (κ2) is 5.36. The van der Waals surface area contributed by atoms with E-state index in [4.69, 9.17) is 4.74 Å². The van der Waals surface area contributed by atoms with Crippen molar-refractivity contribution in [1.29, 1.82) is 0 Å². The molecule has 7 heteroatoms. The lowest BCUT2D eigenvalue weighted by Crippen LogP contribution is -2.37. The molecule has 1 atom stereocenters. The van der Waals surface area contributed by atoms with Crippen LogP contribution in [0.3, 0.4) is 0 Å². The van der Waals surface area contributed by atoms with E-state index < -0.39 is 22.6 Å². The lowest BCUT2D eigenvalue weighted by Gasteiger charge is -2.25. The predicted molar refractivity (Wildman–Crippen MR) is 61.8 cm³/mol. The number of carbonyl (C=O) groups excluding carboxylic acids is 1. The van der Waals surface area contributed by atoms with Crippen LogP contribution in [0.2, 0.25) is 0 Å². The van der Waals surface area contributed by atoms with Gasteiger partial charge in [0.2, 0.25) is 5.78 Å². The van der Waals surface area contributed by atoms with Gasteiger partial charge in [0.05, 0.1) is 4.88 Å². The molecule has 3 nitrogen and oxygen atoms in total. The highest BCUT2D eigenvalue weighted by Crippen LogP contribution is 2.34. The van der Waals surface area contributed by atoms with Crippen molar-refractivity contribution < 1.29 is 22.7 Å². The Morgan fingerprint density at radius 2 is 2.06 bits per heavy atom. The molecule has 1 aromatic heterocycles. The highest BCUT2D eigenvalue weighted by Gasteiger charge is 2.38. The average Bonchev–Trinajstić information content (AvgIpc) is 2.77. The summed E-state index contributed by atoms with van der Waals surface area (Å²) in [6.07, 6.45) is -3.17. The summed E-state index contributed by atoms with van der Waals surface area (Å²) < 4.78 is 42.5. The number of thiazole rings is 1. The number of carbonyl (C=O) groups is 1. The Kier molecular flexibility index (Phi) is 4.50. The van der Waals surface area contributed by atoms with Gasteiger partial charge in [0, 0.05) is 12.8 Å². The Hall–Kier alpha value is -0.950. The third kappa shape index (κ3) is 3.08. The molecule has 0 aliphatic carbocycles. The van der Waals surface area contributed by atoms with Gasteiger partial charge >= 0.3 is 6.18 Å². The molecule has 1 heterocycles. The van der Waals surface area contributed by atoms with Crippen LogP contribution in [0.1, 0.15) is 41.9 Å². The van der Waals surface area contributed by atoms with Crippen molar-refractivity contribution in [1.82, 2.24) is 4.98 Å². The summed E-state index contributed by atoms with van der Waals surface area (Å²) in [7, 11) is 0. The first kappa shape index (κ1) is 15.1. The number of ketones is 1. The first-order chi connectivity index (χ1) is 8.24. The molecular weight excluding hydrogens is 267 g/mol. The summed E-state index contributed by atoms with van der Waals surface area (Å²) in [6.45, 7) is 5.38. The Morgan fingerprint density at radius 3 is 2.44 bits per heavy atom. The van der Waals surface area contributed by atoms with Crippen LogP contribution in [0, 0.1) is 0 Å². The molecule has 0 aliphatic heterocycles. The summed E-state index contributed by atoms with van der Waals surface area (Å²) in [6, 6.07) is 0. The molecule has 1 aromatic rings. The molecule has 18 heavy (non-hydrogen) atoms. The largest absolute Gasteiger partial charge is 0.443 e. The van der Waals surface area contributed by atoms with Gasteiger partial charge in [0.15, 0.2) is 5.01 Å². The molecule has 0 fully saturated rings. The van der Waals surface area contributed by atoms with E-state index in [2.05, 4.69) is 4.98 Å². The van der Waals surface area contributed by atoms with Gasteiger partial charge in [0.25, 0.3) is 0 Å². The van der Waals surface area contributed by atoms with Crippen LogP contribution in [-0.4, -0.2) is 23.0 Å². The number of nitrogens with zero attached hydrogens (tertiary/aromatic N) is 1. The van der Waals surface area contributed by atoms with E-state index in [-0.39, 0.29) is 4.88 Å². The van der Waals surface area contributed by atoms with Crippen molar-refractivity contribution in [3.63, 3.8) is 0 Å². The fraction of sp³-hybridized carbons (Fsp3) is 0.636. The number of alkyl halides is 3. The molecule has 0 amide bonds. The van der Waals surface area contributed by atoms with Crippen LogP contribution in [0.5, 0.6) is 0 Å². The summed E-state index contributed by atoms with van der Waals surface area (Å²) in [5, 5.41) is -1.01. The maximum Gasteiger partial charge on any atom is 0.443 e. The van der Waals surface area contributed by atoms with Crippen molar-refractivity contribution >= 4 is 17.1 Å². The zero-order chi connectivity index (χ0) is 14.0. The van der Waals surface area contributed by atoms with E-state index in [9.17, 15) is 18.0 Å². The standard InChI is InChI=1S/C11H14F3NO2S/c1-4-10(3,17-5-2)8(16)7-6-15-9(18-7)11(12,13)14/h6H,4-5H2,1-3H3. The Balaban J connectivity index is 3.00. The number of aromatic nitrogens is 1. The van der Waals surface area contributed by atoms with Gasteiger partial charge in [-0.05, 0) is 20.3 Å². The maximum atomic E-state index is 12.4. The first-order valence-electron chi connectivity index (χ1n) is 5.46. The van der Waals surface area contributed by atoms with Gasteiger partial charge in [-0.2, -0.15) is 13.2 Å². The minimum atomic E-state index is -4.52. The van der Waals surface area contributed by atoms with Crippen molar-refractivity contribution in [2.75, 3.05) is 6.61 Å². The second-order valence-corrected chi connectivity index (χ2v) is 4.90. The van der Waals surface area contributed by atoms with Gasteiger partial charge in [0.1, 0.15) is 5.60 Å². The van der Waals surface area contributed by atoms with Gasteiger partial charge < -0.3 is 4.74 Å². The van der Waals surface area contributed by atoms with Crippen molar-refractivity contribution in [2.24, 2.45) is 0 Å². The first-order valence-corrected chi connectivity index (χ1v) is 6.28. The van der Waals surface area contributed by atoms with Crippen LogP contribution in [0.15, 0.2) is 6.20 Å². The molecule has 0 saturated carbocycles. The molecule has 102 valence electrons. The quantitative estimate of drug-likeness (QED) is 0.775. The molecule has 1 rings (SSSR count). The van der Waals surface area contributed by atoms with Crippen LogP contribution in [-0.2, 0) is 10.9 Å². The van der Waals surface area contributed by atoms with Crippen LogP contribution in [0.4, 0.5) is 13.2 Å². The monoisotopic (exact) mass is 281 g/mol. The topological polar surface area (TPSA) is 39.2 Å². The highest BCUT2D eigenvalue weighted by atomic mass is 32.1. The van der Waals surface area contributed by atoms with E-state index in [1.165, 1.54) is 0 Å². The zero-order valence-electron chi connectivity index (χ0n) is 10.3. The van der Waals surface area contributed by atoms with Gasteiger partial charge in [-0.1, -0.05) is 6.92 Å². The van der Waals surface area contributed by atoms with Crippen molar-refractivity contribution in [3.8, 4) is 0 Å². The molecule has 1 unspecified atom stereocenters. The third-order valence-corrected chi connectivity index (χ3v) is 3.63. The Bertz CT molecular complexity index is 430. The number of hydrogen-bond acceptors (Lipinski definition) is 4. The minimum Gasteiger partial charge on any atom is -0.367 e. The van der Waals surface area contributed by atoms with Gasteiger partial charge in [-0.15, -0.1) is 11.3 Å². The predicted octanol–water partition coefficient (Wildman–Crippen LogP) is 3.55. The Labute approximate surface area is 107 Å². The molecule has 0 saturated heterocycles. The fourth-order valence-electron chi connectivity index (χ4n) is 1.42. The van der Waals surface area contributed by atoms with E-state index in [1.807, 2.05) is 0 Å². The summed E-state index contributed by atoms with van der Waals surface area (Å²) >= 11 is 0.350. The van der Waals surface area contributed by atoms with Crippen LogP contribution >= 0.6 is 11.3 Å². The van der Waals surface area contributed by atoms with E-state index >= 15 is 0 Å². The zero-order valence-corrected chi connectivity index (χ0v) is 11.1. The van der Waals surface area contributed by atoms with Gasteiger partial charge in [-0.25, -0.2) is 4.98 Å². The molecular formula is C11H14F3NO2S. The lowest BCUT2D eigenvalue weighted by atomic mass is 9.96. The minimum absolute atomic E-state index is 0.0277. The normalized spacial score (nSPS) is 15.4. The number of halogens is 3. The van der Waals surface area contributed by atoms with Gasteiger partial charge in [-0.3, -0.25) is 4.79 Å². The number of rotatable bonds is 5. The smallest absolute Gasteiger partial charge is 0.367 e. The molecule has 0 bridgehead atoms. The number of hydrogen-bond donors (Lipinski definition) is 0. The second-order valence-electron chi connectivity index (χ2n) is 3.87. The highest BCUT2D eigenvalue weighted by molar-refractivity contribution is 7.13. The van der Waals surface area contributed by atoms with E-state index in [1.54, 1.807) is 20.8 Å². The van der Waals surface area contributed by atoms with Crippen LogP contribution < -0.4 is 0 Å². The summed E-state index contributed by atoms with van der Waals surface area (Å²) in [5.41, 5.74) is -1.09. The average molecular weight is 281 g/mol. The SMILES string of the molecule is CCOC(C)(CC)C(=O)c1cnc(C(F)(F)F)s1. The molecule has 0 N–H and O–H groups in total. The molecule has 0 spiro atoms. The lowest BCUT2D eigenvalue weighted by molar-refractivity contribution is -0.137. The van der Waals surface area contributed by atoms with Crippen LogP contribution in [0.25, 0.3) is 0 Å². The van der Waals surface area contributed by atoms with E-state index in [0.717, 1.165) is 6.20 Å². The number of ether oxygens (including phenoxy) is 1. The van der Waals surface area contributed by atoms with E-state index in [0.29, 0.717) is 24.4 Å². The Morgan fingerprint density at radius 1 is 1.44 bits per heavy atom.